The van der Waals surface area contributed by atoms with Crippen LogP contribution in [0.3, 0.4) is 0 Å². The van der Waals surface area contributed by atoms with E-state index in [1.54, 1.807) is 0 Å². The third-order valence-corrected chi connectivity index (χ3v) is 4.74. The topological polar surface area (TPSA) is 40.5 Å². The first kappa shape index (κ1) is 17.0. The van der Waals surface area contributed by atoms with Gasteiger partial charge in [-0.15, -0.1) is 0 Å². The maximum atomic E-state index is 4.46. The summed E-state index contributed by atoms with van der Waals surface area (Å²) in [5, 5.41) is 10.1. The van der Waals surface area contributed by atoms with Gasteiger partial charge in [0.05, 0.1) is 11.4 Å². The molecule has 0 aliphatic rings. The molecule has 0 bridgehead atoms. The van der Waals surface area contributed by atoms with Crippen molar-refractivity contribution >= 4 is 22.3 Å². The molecule has 3 heteroatoms. The SMILES string of the molecule is C/C(=N\N=C(/C)c1c[nH]c2ccccc12)c1ccc(-c2ccccc2)cc1. The van der Waals surface area contributed by atoms with E-state index < -0.39 is 0 Å². The molecule has 0 atom stereocenters. The first-order valence-corrected chi connectivity index (χ1v) is 9.03. The van der Waals surface area contributed by atoms with Crippen LogP contribution in [0.1, 0.15) is 25.0 Å². The minimum Gasteiger partial charge on any atom is -0.360 e. The summed E-state index contributed by atoms with van der Waals surface area (Å²) in [5.74, 6) is 0. The highest BCUT2D eigenvalue weighted by molar-refractivity contribution is 6.10. The van der Waals surface area contributed by atoms with Gasteiger partial charge in [0.1, 0.15) is 0 Å². The highest BCUT2D eigenvalue weighted by atomic mass is 15.2. The second kappa shape index (κ2) is 7.42. The van der Waals surface area contributed by atoms with Crippen molar-refractivity contribution in [2.24, 2.45) is 10.2 Å². The minimum absolute atomic E-state index is 0.896. The standard InChI is InChI=1S/C24H21N3/c1-17(19-12-14-21(15-13-19)20-8-4-3-5-9-20)26-27-18(2)23-16-25-24-11-7-6-10-22(23)24/h3-16,25H,1-2H3/b26-17+,27-18+. The molecule has 0 fully saturated rings. The Balaban J connectivity index is 1.57. The number of benzene rings is 3. The molecule has 1 heterocycles. The number of para-hydroxylation sites is 1. The summed E-state index contributed by atoms with van der Waals surface area (Å²) < 4.78 is 0. The third-order valence-electron chi connectivity index (χ3n) is 4.74. The molecular formula is C24H21N3. The molecule has 0 saturated carbocycles. The number of aromatic nitrogens is 1. The highest BCUT2D eigenvalue weighted by Gasteiger charge is 2.06. The van der Waals surface area contributed by atoms with Crippen molar-refractivity contribution in [3.63, 3.8) is 0 Å². The molecule has 0 unspecified atom stereocenters. The molecule has 132 valence electrons. The van der Waals surface area contributed by atoms with Crippen molar-refractivity contribution in [2.75, 3.05) is 0 Å². The van der Waals surface area contributed by atoms with Gasteiger partial charge in [-0.05, 0) is 36.6 Å². The Morgan fingerprint density at radius 2 is 1.30 bits per heavy atom. The van der Waals surface area contributed by atoms with Crippen LogP contribution in [-0.2, 0) is 0 Å². The summed E-state index contributed by atoms with van der Waals surface area (Å²) in [6.07, 6.45) is 1.99. The van der Waals surface area contributed by atoms with Crippen LogP contribution in [0, 0.1) is 0 Å². The summed E-state index contributed by atoms with van der Waals surface area (Å²) >= 11 is 0. The van der Waals surface area contributed by atoms with E-state index in [1.807, 2.05) is 38.2 Å². The molecule has 0 amide bonds. The van der Waals surface area contributed by atoms with Crippen LogP contribution in [0.4, 0.5) is 0 Å². The zero-order valence-corrected chi connectivity index (χ0v) is 15.5. The number of hydrogen-bond donors (Lipinski definition) is 1. The lowest BCUT2D eigenvalue weighted by molar-refractivity contribution is 1.22. The van der Waals surface area contributed by atoms with E-state index in [0.717, 1.165) is 28.1 Å². The highest BCUT2D eigenvalue weighted by Crippen LogP contribution is 2.20. The van der Waals surface area contributed by atoms with Crippen molar-refractivity contribution in [1.82, 2.24) is 4.98 Å². The second-order valence-corrected chi connectivity index (χ2v) is 6.56. The predicted octanol–water partition coefficient (Wildman–Crippen LogP) is 6.07. The summed E-state index contributed by atoms with van der Waals surface area (Å²) in [6.45, 7) is 3.98. The van der Waals surface area contributed by atoms with E-state index in [0.29, 0.717) is 0 Å². The van der Waals surface area contributed by atoms with Gasteiger partial charge in [0, 0.05) is 22.7 Å². The van der Waals surface area contributed by atoms with Crippen LogP contribution in [0.15, 0.2) is 95.3 Å². The maximum absolute atomic E-state index is 4.46. The number of aromatic amines is 1. The van der Waals surface area contributed by atoms with Crippen molar-refractivity contribution in [1.29, 1.82) is 0 Å². The number of H-pyrrole nitrogens is 1. The minimum atomic E-state index is 0.896. The normalized spacial score (nSPS) is 12.5. The van der Waals surface area contributed by atoms with E-state index in [4.69, 9.17) is 0 Å². The Morgan fingerprint density at radius 3 is 2.07 bits per heavy atom. The molecule has 0 radical (unpaired) electrons. The van der Waals surface area contributed by atoms with Gasteiger partial charge < -0.3 is 4.98 Å². The van der Waals surface area contributed by atoms with Gasteiger partial charge in [-0.2, -0.15) is 10.2 Å². The average Bonchev–Trinajstić information content (AvgIpc) is 3.17. The molecule has 1 N–H and O–H groups in total. The Hall–Kier alpha value is -3.46. The number of fused-ring (bicyclic) bond motifs is 1. The summed E-state index contributed by atoms with van der Waals surface area (Å²) in [4.78, 5) is 3.28. The van der Waals surface area contributed by atoms with Crippen LogP contribution in [0.5, 0.6) is 0 Å². The van der Waals surface area contributed by atoms with Gasteiger partial charge in [0.15, 0.2) is 0 Å². The predicted molar refractivity (Wildman–Crippen MR) is 115 cm³/mol. The van der Waals surface area contributed by atoms with E-state index >= 15 is 0 Å². The maximum Gasteiger partial charge on any atom is 0.0693 e. The molecular weight excluding hydrogens is 330 g/mol. The van der Waals surface area contributed by atoms with E-state index in [-0.39, 0.29) is 0 Å². The van der Waals surface area contributed by atoms with Gasteiger partial charge in [-0.25, -0.2) is 0 Å². The van der Waals surface area contributed by atoms with Gasteiger partial charge in [-0.1, -0.05) is 72.8 Å². The summed E-state index contributed by atoms with van der Waals surface area (Å²) in [5.41, 5.74) is 7.48. The van der Waals surface area contributed by atoms with Gasteiger partial charge in [-0.3, -0.25) is 0 Å². The number of rotatable bonds is 4. The number of hydrogen-bond acceptors (Lipinski definition) is 2. The second-order valence-electron chi connectivity index (χ2n) is 6.56. The Labute approximate surface area is 159 Å². The van der Waals surface area contributed by atoms with E-state index in [9.17, 15) is 0 Å². The first-order valence-electron chi connectivity index (χ1n) is 9.03. The molecule has 0 saturated heterocycles. The van der Waals surface area contributed by atoms with Crippen LogP contribution in [0.2, 0.25) is 0 Å². The van der Waals surface area contributed by atoms with Crippen LogP contribution in [0.25, 0.3) is 22.0 Å². The molecule has 3 aromatic carbocycles. The van der Waals surface area contributed by atoms with Gasteiger partial charge >= 0.3 is 0 Å². The Bertz CT molecular complexity index is 1120. The Morgan fingerprint density at radius 1 is 0.667 bits per heavy atom. The summed E-state index contributed by atoms with van der Waals surface area (Å²) in [6, 6.07) is 27.0. The zero-order chi connectivity index (χ0) is 18.6. The van der Waals surface area contributed by atoms with Crippen LogP contribution in [-0.4, -0.2) is 16.4 Å². The molecule has 0 spiro atoms. The smallest absolute Gasteiger partial charge is 0.0693 e. The fourth-order valence-electron chi connectivity index (χ4n) is 3.17. The monoisotopic (exact) mass is 351 g/mol. The van der Waals surface area contributed by atoms with Gasteiger partial charge in [0.25, 0.3) is 0 Å². The molecule has 27 heavy (non-hydrogen) atoms. The van der Waals surface area contributed by atoms with Crippen LogP contribution >= 0.6 is 0 Å². The third kappa shape index (κ3) is 3.58. The zero-order valence-electron chi connectivity index (χ0n) is 15.5. The molecule has 0 aliphatic carbocycles. The largest absolute Gasteiger partial charge is 0.360 e. The fraction of sp³-hybridized carbons (Fsp3) is 0.0833. The number of nitrogens with zero attached hydrogens (tertiary/aromatic N) is 2. The van der Waals surface area contributed by atoms with Crippen molar-refractivity contribution in [3.05, 3.63) is 96.2 Å². The lowest BCUT2D eigenvalue weighted by Crippen LogP contribution is -1.96. The van der Waals surface area contributed by atoms with Crippen molar-refractivity contribution in [2.45, 2.75) is 13.8 Å². The molecule has 0 aliphatic heterocycles. The fourth-order valence-corrected chi connectivity index (χ4v) is 3.17. The van der Waals surface area contributed by atoms with E-state index in [1.165, 1.54) is 16.5 Å². The van der Waals surface area contributed by atoms with Gasteiger partial charge in [0.2, 0.25) is 0 Å². The molecule has 1 aromatic heterocycles. The quantitative estimate of drug-likeness (QED) is 0.342. The Kier molecular flexibility index (Phi) is 4.67. The average molecular weight is 351 g/mol. The van der Waals surface area contributed by atoms with Crippen LogP contribution < -0.4 is 0 Å². The lowest BCUT2D eigenvalue weighted by atomic mass is 10.0. The van der Waals surface area contributed by atoms with Crippen molar-refractivity contribution < 1.29 is 0 Å². The van der Waals surface area contributed by atoms with E-state index in [2.05, 4.69) is 75.9 Å². The molecule has 4 rings (SSSR count). The molecule has 3 nitrogen and oxygen atoms in total. The first-order chi connectivity index (χ1) is 13.2. The summed E-state index contributed by atoms with van der Waals surface area (Å²) in [7, 11) is 0. The lowest BCUT2D eigenvalue weighted by Gasteiger charge is -2.04. The molecule has 4 aromatic rings. The number of nitrogens with one attached hydrogen (secondary N) is 1. The van der Waals surface area contributed by atoms with Crippen molar-refractivity contribution in [3.8, 4) is 11.1 Å².